The fraction of sp³-hybridized carbons (Fsp3) is 0.333. The maximum atomic E-state index is 12.4. The summed E-state index contributed by atoms with van der Waals surface area (Å²) in [4.78, 5) is 12.4. The molecule has 2 aromatic rings. The third-order valence-electron chi connectivity index (χ3n) is 3.98. The van der Waals surface area contributed by atoms with Crippen molar-refractivity contribution in [2.45, 2.75) is 40.2 Å². The Bertz CT molecular complexity index is 632. The van der Waals surface area contributed by atoms with Crippen LogP contribution in [0.25, 0.3) is 0 Å². The smallest absolute Gasteiger partial charge is 0.293 e. The van der Waals surface area contributed by atoms with E-state index in [1.165, 1.54) is 11.1 Å². The van der Waals surface area contributed by atoms with E-state index >= 15 is 0 Å². The van der Waals surface area contributed by atoms with Crippen LogP contribution in [0.2, 0.25) is 0 Å². The van der Waals surface area contributed by atoms with E-state index in [1.54, 1.807) is 0 Å². The summed E-state index contributed by atoms with van der Waals surface area (Å²) in [5.41, 5.74) is 4.41. The van der Waals surface area contributed by atoms with E-state index in [0.29, 0.717) is 0 Å². The van der Waals surface area contributed by atoms with Crippen molar-refractivity contribution in [1.82, 2.24) is 0 Å². The summed E-state index contributed by atoms with van der Waals surface area (Å²) in [5, 5.41) is 2.98. The van der Waals surface area contributed by atoms with E-state index in [9.17, 15) is 4.79 Å². The van der Waals surface area contributed by atoms with Crippen molar-refractivity contribution in [1.29, 1.82) is 0 Å². The summed E-state index contributed by atoms with van der Waals surface area (Å²) >= 11 is 0. The average Bonchev–Trinajstić information content (AvgIpc) is 2.50. The minimum atomic E-state index is -0.240. The molecule has 1 heterocycles. The molecule has 3 heteroatoms. The Labute approximate surface area is 126 Å². The molecular weight excluding hydrogens is 260 g/mol. The minimum absolute atomic E-state index is 0.00190. The Kier molecular flexibility index (Phi) is 4.73. The van der Waals surface area contributed by atoms with Crippen LogP contribution in [0.5, 0.6) is 0 Å². The van der Waals surface area contributed by atoms with Crippen molar-refractivity contribution >= 4 is 11.6 Å². The first-order chi connectivity index (χ1) is 10.0. The van der Waals surface area contributed by atoms with Crippen molar-refractivity contribution in [3.05, 3.63) is 59.4 Å². The van der Waals surface area contributed by atoms with Gasteiger partial charge < -0.3 is 5.32 Å². The van der Waals surface area contributed by atoms with Crippen molar-refractivity contribution in [3.8, 4) is 0 Å². The van der Waals surface area contributed by atoms with Gasteiger partial charge >= 0.3 is 0 Å². The number of amides is 1. The van der Waals surface area contributed by atoms with E-state index in [0.717, 1.165) is 17.8 Å². The first-order valence-corrected chi connectivity index (χ1v) is 7.40. The average molecular weight is 283 g/mol. The van der Waals surface area contributed by atoms with Gasteiger partial charge in [0.15, 0.2) is 11.9 Å². The lowest BCUT2D eigenvalue weighted by Crippen LogP contribution is -2.47. The molecule has 0 spiro atoms. The lowest BCUT2D eigenvalue weighted by atomic mass is 10.1. The molecule has 1 N–H and O–H groups in total. The summed E-state index contributed by atoms with van der Waals surface area (Å²) in [6, 6.07) is 11.8. The van der Waals surface area contributed by atoms with Gasteiger partial charge in [-0.1, -0.05) is 19.1 Å². The number of hydrogen-bond acceptors (Lipinski definition) is 1. The first-order valence-electron chi connectivity index (χ1n) is 7.40. The first kappa shape index (κ1) is 15.2. The van der Waals surface area contributed by atoms with E-state index in [1.807, 2.05) is 54.9 Å². The highest BCUT2D eigenvalue weighted by atomic mass is 16.2. The molecule has 1 aromatic heterocycles. The number of rotatable bonds is 4. The second-order valence-corrected chi connectivity index (χ2v) is 5.40. The number of pyridine rings is 1. The Hall–Kier alpha value is -2.16. The van der Waals surface area contributed by atoms with Crippen LogP contribution in [0.15, 0.2) is 42.6 Å². The standard InChI is InChI=1S/C18H22N2O/c1-5-16-8-10-17(11-9-16)19-18(21)15(4)20-12-6-7-13(2)14(20)3/h6-12,15H,5H2,1-4H3/p+1/t15-/m1/s1. The molecular formula is C18H23N2O+. The van der Waals surface area contributed by atoms with Crippen LogP contribution in [0.1, 0.15) is 36.7 Å². The number of benzene rings is 1. The molecule has 0 aliphatic rings. The molecule has 1 aromatic carbocycles. The van der Waals surface area contributed by atoms with E-state index < -0.39 is 0 Å². The van der Waals surface area contributed by atoms with Gasteiger partial charge in [-0.15, -0.1) is 0 Å². The quantitative estimate of drug-likeness (QED) is 0.858. The number of carbonyl (C=O) groups is 1. The SMILES string of the molecule is CCc1ccc(NC(=O)[C@@H](C)[n+]2cccc(C)c2C)cc1. The molecule has 0 unspecified atom stereocenters. The zero-order valence-corrected chi connectivity index (χ0v) is 13.2. The molecule has 0 aliphatic carbocycles. The number of aromatic nitrogens is 1. The maximum absolute atomic E-state index is 12.4. The van der Waals surface area contributed by atoms with Crippen molar-refractivity contribution < 1.29 is 9.36 Å². The number of aryl methyl sites for hydroxylation is 2. The van der Waals surface area contributed by atoms with Crippen LogP contribution in [-0.2, 0) is 11.2 Å². The Balaban J connectivity index is 2.13. The number of hydrogen-bond donors (Lipinski definition) is 1. The normalized spacial score (nSPS) is 12.0. The number of anilines is 1. The molecule has 0 aliphatic heterocycles. The van der Waals surface area contributed by atoms with E-state index in [-0.39, 0.29) is 11.9 Å². The van der Waals surface area contributed by atoms with Crippen molar-refractivity contribution in [2.24, 2.45) is 0 Å². The van der Waals surface area contributed by atoms with E-state index in [4.69, 9.17) is 0 Å². The highest BCUT2D eigenvalue weighted by Gasteiger charge is 2.24. The molecule has 0 bridgehead atoms. The van der Waals surface area contributed by atoms with Crippen LogP contribution in [0.3, 0.4) is 0 Å². The molecule has 2 rings (SSSR count). The molecule has 21 heavy (non-hydrogen) atoms. The fourth-order valence-corrected chi connectivity index (χ4v) is 2.33. The molecule has 110 valence electrons. The molecule has 3 nitrogen and oxygen atoms in total. The Morgan fingerprint density at radius 2 is 1.86 bits per heavy atom. The predicted molar refractivity (Wildman–Crippen MR) is 85.3 cm³/mol. The zero-order valence-electron chi connectivity index (χ0n) is 13.2. The second kappa shape index (κ2) is 6.53. The third kappa shape index (κ3) is 3.48. The van der Waals surface area contributed by atoms with Gasteiger partial charge in [0.1, 0.15) is 0 Å². The summed E-state index contributed by atoms with van der Waals surface area (Å²) < 4.78 is 2.01. The van der Waals surface area contributed by atoms with Gasteiger partial charge in [-0.05, 0) is 37.1 Å². The summed E-state index contributed by atoms with van der Waals surface area (Å²) in [5.74, 6) is -0.00190. The predicted octanol–water partition coefficient (Wildman–Crippen LogP) is 3.35. The molecule has 0 saturated heterocycles. The summed E-state index contributed by atoms with van der Waals surface area (Å²) in [6.07, 6.45) is 2.95. The number of carbonyl (C=O) groups excluding carboxylic acids is 1. The van der Waals surface area contributed by atoms with E-state index in [2.05, 4.69) is 25.2 Å². The highest BCUT2D eigenvalue weighted by Crippen LogP contribution is 2.12. The van der Waals surface area contributed by atoms with Crippen molar-refractivity contribution in [3.63, 3.8) is 0 Å². The lowest BCUT2D eigenvalue weighted by Gasteiger charge is -2.11. The lowest BCUT2D eigenvalue weighted by molar-refractivity contribution is -0.711. The summed E-state index contributed by atoms with van der Waals surface area (Å²) in [6.45, 7) is 8.13. The van der Waals surface area contributed by atoms with Crippen molar-refractivity contribution in [2.75, 3.05) is 5.32 Å². The topological polar surface area (TPSA) is 33.0 Å². The van der Waals surface area contributed by atoms with Gasteiger partial charge in [-0.25, -0.2) is 0 Å². The fourth-order valence-electron chi connectivity index (χ4n) is 2.33. The zero-order chi connectivity index (χ0) is 15.4. The van der Waals surface area contributed by atoms with Gasteiger partial charge in [-0.3, -0.25) is 4.79 Å². The van der Waals surface area contributed by atoms with Gasteiger partial charge in [-0.2, -0.15) is 4.57 Å². The van der Waals surface area contributed by atoms with Crippen LogP contribution >= 0.6 is 0 Å². The molecule has 1 atom stereocenters. The second-order valence-electron chi connectivity index (χ2n) is 5.40. The van der Waals surface area contributed by atoms with Crippen LogP contribution < -0.4 is 9.88 Å². The number of nitrogens with one attached hydrogen (secondary N) is 1. The third-order valence-corrected chi connectivity index (χ3v) is 3.98. The maximum Gasteiger partial charge on any atom is 0.293 e. The monoisotopic (exact) mass is 283 g/mol. The van der Waals surface area contributed by atoms with Crippen LogP contribution in [0.4, 0.5) is 5.69 Å². The molecule has 0 fully saturated rings. The molecule has 0 radical (unpaired) electrons. The molecule has 1 amide bonds. The largest absolute Gasteiger partial charge is 0.320 e. The molecule has 0 saturated carbocycles. The Morgan fingerprint density at radius 1 is 1.19 bits per heavy atom. The van der Waals surface area contributed by atoms with Crippen LogP contribution in [0, 0.1) is 13.8 Å². The van der Waals surface area contributed by atoms with Gasteiger partial charge in [0, 0.05) is 31.2 Å². The summed E-state index contributed by atoms with van der Waals surface area (Å²) in [7, 11) is 0. The van der Waals surface area contributed by atoms with Crippen LogP contribution in [-0.4, -0.2) is 5.91 Å². The van der Waals surface area contributed by atoms with Gasteiger partial charge in [0.05, 0.1) is 0 Å². The van der Waals surface area contributed by atoms with Gasteiger partial charge in [0.2, 0.25) is 6.04 Å². The number of nitrogens with zero attached hydrogens (tertiary/aromatic N) is 1. The minimum Gasteiger partial charge on any atom is -0.320 e. The Morgan fingerprint density at radius 3 is 2.48 bits per heavy atom. The van der Waals surface area contributed by atoms with Gasteiger partial charge in [0.25, 0.3) is 5.91 Å². The highest BCUT2D eigenvalue weighted by molar-refractivity contribution is 5.92.